The maximum absolute atomic E-state index is 6.44. The molecule has 1 aliphatic carbocycles. The molecule has 0 spiro atoms. The maximum atomic E-state index is 6.44. The Morgan fingerprint density at radius 1 is 1.22 bits per heavy atom. The molecular formula is C16H22N2. The van der Waals surface area contributed by atoms with E-state index in [0.717, 1.165) is 25.9 Å². The van der Waals surface area contributed by atoms with Gasteiger partial charge in [0, 0.05) is 25.2 Å². The smallest absolute Gasteiger partial charge is 0.0456 e. The minimum Gasteiger partial charge on any atom is -0.323 e. The van der Waals surface area contributed by atoms with E-state index in [1.807, 2.05) is 12.2 Å². The van der Waals surface area contributed by atoms with Gasteiger partial charge in [0.2, 0.25) is 0 Å². The molecule has 1 aromatic carbocycles. The van der Waals surface area contributed by atoms with E-state index in [1.165, 1.54) is 11.1 Å². The van der Waals surface area contributed by atoms with Gasteiger partial charge in [-0.15, -0.1) is 13.2 Å². The first-order chi connectivity index (χ1) is 8.77. The van der Waals surface area contributed by atoms with Crippen molar-refractivity contribution < 1.29 is 0 Å². The number of fused-ring (bicyclic) bond motifs is 1. The van der Waals surface area contributed by atoms with Crippen molar-refractivity contribution >= 4 is 0 Å². The summed E-state index contributed by atoms with van der Waals surface area (Å²) in [6.07, 6.45) is 6.10. The van der Waals surface area contributed by atoms with Crippen LogP contribution >= 0.6 is 0 Å². The van der Waals surface area contributed by atoms with Gasteiger partial charge in [0.1, 0.15) is 0 Å². The van der Waals surface area contributed by atoms with E-state index in [1.54, 1.807) is 0 Å². The van der Waals surface area contributed by atoms with Crippen LogP contribution in [0, 0.1) is 0 Å². The third-order valence-corrected chi connectivity index (χ3v) is 3.73. The zero-order chi connectivity index (χ0) is 13.0. The number of benzene rings is 1. The molecule has 0 saturated heterocycles. The van der Waals surface area contributed by atoms with Crippen LogP contribution < -0.4 is 5.73 Å². The molecule has 1 aliphatic rings. The highest BCUT2D eigenvalue weighted by molar-refractivity contribution is 5.33. The van der Waals surface area contributed by atoms with Gasteiger partial charge in [0.15, 0.2) is 0 Å². The number of nitrogens with zero attached hydrogens (tertiary/aromatic N) is 1. The van der Waals surface area contributed by atoms with E-state index >= 15 is 0 Å². The average Bonchev–Trinajstić information content (AvgIpc) is 2.39. The van der Waals surface area contributed by atoms with Crippen molar-refractivity contribution in [2.24, 2.45) is 5.73 Å². The minimum absolute atomic E-state index is 0.0925. The fraction of sp³-hybridized carbons (Fsp3) is 0.375. The summed E-state index contributed by atoms with van der Waals surface area (Å²) in [5.74, 6) is 0. The fourth-order valence-electron chi connectivity index (χ4n) is 2.86. The first-order valence-electron chi connectivity index (χ1n) is 6.57. The van der Waals surface area contributed by atoms with Gasteiger partial charge in [0.05, 0.1) is 0 Å². The van der Waals surface area contributed by atoms with E-state index in [2.05, 4.69) is 42.3 Å². The summed E-state index contributed by atoms with van der Waals surface area (Å²) in [5, 5.41) is 0. The summed E-state index contributed by atoms with van der Waals surface area (Å²) >= 11 is 0. The lowest BCUT2D eigenvalue weighted by Crippen LogP contribution is -2.45. The van der Waals surface area contributed by atoms with E-state index in [-0.39, 0.29) is 6.04 Å². The van der Waals surface area contributed by atoms with Crippen LogP contribution in [0.15, 0.2) is 49.6 Å². The van der Waals surface area contributed by atoms with E-state index in [0.29, 0.717) is 6.04 Å². The van der Waals surface area contributed by atoms with E-state index < -0.39 is 0 Å². The third-order valence-electron chi connectivity index (χ3n) is 3.73. The highest BCUT2D eigenvalue weighted by Gasteiger charge is 2.29. The molecular weight excluding hydrogens is 220 g/mol. The van der Waals surface area contributed by atoms with Gasteiger partial charge < -0.3 is 5.73 Å². The average molecular weight is 242 g/mol. The van der Waals surface area contributed by atoms with Crippen LogP contribution in [0.1, 0.15) is 23.6 Å². The SMILES string of the molecule is C=CCN(CC=C)C1CCc2ccccc2C1N. The lowest BCUT2D eigenvalue weighted by atomic mass is 9.83. The predicted octanol–water partition coefficient (Wildman–Crippen LogP) is 2.68. The topological polar surface area (TPSA) is 29.3 Å². The summed E-state index contributed by atoms with van der Waals surface area (Å²) in [6, 6.07) is 9.00. The first-order valence-corrected chi connectivity index (χ1v) is 6.57. The van der Waals surface area contributed by atoms with Gasteiger partial charge in [-0.05, 0) is 24.0 Å². The van der Waals surface area contributed by atoms with Gasteiger partial charge in [-0.2, -0.15) is 0 Å². The maximum Gasteiger partial charge on any atom is 0.0456 e. The molecule has 0 aliphatic heterocycles. The summed E-state index contributed by atoms with van der Waals surface area (Å²) in [5.41, 5.74) is 9.14. The van der Waals surface area contributed by atoms with Crippen molar-refractivity contribution in [3.05, 3.63) is 60.7 Å². The lowest BCUT2D eigenvalue weighted by Gasteiger charge is -2.38. The number of rotatable bonds is 5. The Labute approximate surface area is 110 Å². The molecule has 0 heterocycles. The Morgan fingerprint density at radius 2 is 1.89 bits per heavy atom. The predicted molar refractivity (Wildman–Crippen MR) is 77.4 cm³/mol. The van der Waals surface area contributed by atoms with Gasteiger partial charge in [-0.1, -0.05) is 36.4 Å². The normalized spacial score (nSPS) is 22.6. The van der Waals surface area contributed by atoms with Crippen LogP contribution in [0.3, 0.4) is 0 Å². The van der Waals surface area contributed by atoms with Crippen molar-refractivity contribution in [3.63, 3.8) is 0 Å². The minimum atomic E-state index is 0.0925. The highest BCUT2D eigenvalue weighted by Crippen LogP contribution is 2.31. The third kappa shape index (κ3) is 2.55. The molecule has 0 amide bonds. The van der Waals surface area contributed by atoms with Crippen LogP contribution in [-0.2, 0) is 6.42 Å². The lowest BCUT2D eigenvalue weighted by molar-refractivity contribution is 0.189. The molecule has 18 heavy (non-hydrogen) atoms. The molecule has 2 atom stereocenters. The molecule has 96 valence electrons. The standard InChI is InChI=1S/C16H22N2/c1-3-11-18(12-4-2)15-10-9-13-7-5-6-8-14(13)16(15)17/h3-8,15-16H,1-2,9-12,17H2. The first kappa shape index (κ1) is 13.1. The summed E-state index contributed by atoms with van der Waals surface area (Å²) in [7, 11) is 0. The molecule has 0 radical (unpaired) electrons. The number of nitrogens with two attached hydrogens (primary N) is 1. The largest absolute Gasteiger partial charge is 0.323 e. The summed E-state index contributed by atoms with van der Waals surface area (Å²) in [6.45, 7) is 9.40. The van der Waals surface area contributed by atoms with Crippen LogP contribution in [0.2, 0.25) is 0 Å². The van der Waals surface area contributed by atoms with Crippen molar-refractivity contribution in [1.82, 2.24) is 4.90 Å². The summed E-state index contributed by atoms with van der Waals surface area (Å²) in [4.78, 5) is 2.36. The Hall–Kier alpha value is -1.38. The molecule has 1 aromatic rings. The van der Waals surface area contributed by atoms with Gasteiger partial charge in [0.25, 0.3) is 0 Å². The van der Waals surface area contributed by atoms with Crippen LogP contribution in [0.25, 0.3) is 0 Å². The Morgan fingerprint density at radius 3 is 2.56 bits per heavy atom. The van der Waals surface area contributed by atoms with Gasteiger partial charge in [-0.3, -0.25) is 4.90 Å². The van der Waals surface area contributed by atoms with Crippen LogP contribution in [-0.4, -0.2) is 24.0 Å². The second-order valence-corrected chi connectivity index (χ2v) is 4.86. The molecule has 0 saturated carbocycles. The zero-order valence-electron chi connectivity index (χ0n) is 10.9. The number of hydrogen-bond donors (Lipinski definition) is 1. The van der Waals surface area contributed by atoms with E-state index in [4.69, 9.17) is 5.73 Å². The summed E-state index contributed by atoms with van der Waals surface area (Å²) < 4.78 is 0. The molecule has 2 N–H and O–H groups in total. The zero-order valence-corrected chi connectivity index (χ0v) is 10.9. The molecule has 0 fully saturated rings. The van der Waals surface area contributed by atoms with Gasteiger partial charge >= 0.3 is 0 Å². The number of hydrogen-bond acceptors (Lipinski definition) is 2. The second-order valence-electron chi connectivity index (χ2n) is 4.86. The van der Waals surface area contributed by atoms with Gasteiger partial charge in [-0.25, -0.2) is 0 Å². The molecule has 0 aromatic heterocycles. The van der Waals surface area contributed by atoms with Crippen molar-refractivity contribution in [2.75, 3.05) is 13.1 Å². The quantitative estimate of drug-likeness (QED) is 0.804. The van der Waals surface area contributed by atoms with E-state index in [9.17, 15) is 0 Å². The van der Waals surface area contributed by atoms with Crippen molar-refractivity contribution in [3.8, 4) is 0 Å². The molecule has 2 unspecified atom stereocenters. The Kier molecular flexibility index (Phi) is 4.34. The van der Waals surface area contributed by atoms with Crippen LogP contribution in [0.5, 0.6) is 0 Å². The van der Waals surface area contributed by atoms with Crippen molar-refractivity contribution in [2.45, 2.75) is 24.9 Å². The molecule has 2 heteroatoms. The monoisotopic (exact) mass is 242 g/mol. The Bertz CT molecular complexity index is 415. The van der Waals surface area contributed by atoms with Crippen molar-refractivity contribution in [1.29, 1.82) is 0 Å². The Balaban J connectivity index is 2.21. The molecule has 2 nitrogen and oxygen atoms in total. The second kappa shape index (κ2) is 5.98. The fourth-order valence-corrected chi connectivity index (χ4v) is 2.86. The highest BCUT2D eigenvalue weighted by atomic mass is 15.2. The molecule has 0 bridgehead atoms. The number of aryl methyl sites for hydroxylation is 1. The molecule has 2 rings (SSSR count). The van der Waals surface area contributed by atoms with Crippen LogP contribution in [0.4, 0.5) is 0 Å².